The number of rotatable bonds is 5. The van der Waals surface area contributed by atoms with Crippen LogP contribution in [-0.2, 0) is 13.6 Å². The minimum atomic E-state index is -0.207. The highest BCUT2D eigenvalue weighted by atomic mass is 16.2. The van der Waals surface area contributed by atoms with E-state index in [0.29, 0.717) is 31.5 Å². The molecular formula is C20H29N7O2. The Labute approximate surface area is 170 Å². The second-order valence-corrected chi connectivity index (χ2v) is 8.12. The molecular weight excluding hydrogens is 370 g/mol. The molecule has 4 rings (SSSR count). The molecule has 0 bridgehead atoms. The van der Waals surface area contributed by atoms with E-state index < -0.39 is 0 Å². The van der Waals surface area contributed by atoms with Crippen LogP contribution in [0.25, 0.3) is 0 Å². The number of urea groups is 1. The third-order valence-electron chi connectivity index (χ3n) is 6.13. The number of amides is 2. The first-order valence-electron chi connectivity index (χ1n) is 10.6. The van der Waals surface area contributed by atoms with Gasteiger partial charge in [-0.15, -0.1) is 10.2 Å². The molecule has 2 aromatic rings. The molecule has 1 N–H and O–H groups in total. The number of nitrogens with zero attached hydrogens (tertiary/aromatic N) is 6. The van der Waals surface area contributed by atoms with Crippen molar-refractivity contribution in [3.63, 3.8) is 0 Å². The summed E-state index contributed by atoms with van der Waals surface area (Å²) in [5.41, 5.74) is 0. The predicted octanol–water partition coefficient (Wildman–Crippen LogP) is 2.32. The first-order valence-corrected chi connectivity index (χ1v) is 10.6. The maximum atomic E-state index is 12.8. The molecule has 156 valence electrons. The van der Waals surface area contributed by atoms with Gasteiger partial charge in [-0.1, -0.05) is 19.3 Å². The lowest BCUT2D eigenvalue weighted by atomic mass is 9.93. The molecule has 2 aromatic heterocycles. The average Bonchev–Trinajstić information content (AvgIpc) is 3.41. The quantitative estimate of drug-likeness (QED) is 0.778. The molecule has 3 heterocycles. The average molecular weight is 399 g/mol. The maximum absolute atomic E-state index is 12.8. The van der Waals surface area contributed by atoms with E-state index in [9.17, 15) is 9.59 Å². The molecule has 1 aliphatic heterocycles. The van der Waals surface area contributed by atoms with E-state index in [4.69, 9.17) is 0 Å². The van der Waals surface area contributed by atoms with Crippen LogP contribution in [0.4, 0.5) is 4.79 Å². The van der Waals surface area contributed by atoms with Crippen LogP contribution in [-0.4, -0.2) is 54.1 Å². The fourth-order valence-electron chi connectivity index (χ4n) is 4.48. The van der Waals surface area contributed by atoms with Crippen LogP contribution in [0, 0.1) is 5.92 Å². The lowest BCUT2D eigenvalue weighted by Crippen LogP contribution is -2.47. The van der Waals surface area contributed by atoms with Gasteiger partial charge < -0.3 is 19.4 Å². The van der Waals surface area contributed by atoms with Crippen LogP contribution in [0.2, 0.25) is 0 Å². The zero-order chi connectivity index (χ0) is 20.2. The summed E-state index contributed by atoms with van der Waals surface area (Å²) in [7, 11) is 1.82. The summed E-state index contributed by atoms with van der Waals surface area (Å²) >= 11 is 0. The summed E-state index contributed by atoms with van der Waals surface area (Å²) in [6.45, 7) is 1.43. The molecule has 1 aliphatic carbocycles. The fraction of sp³-hybridized carbons (Fsp3) is 0.650. The molecule has 1 saturated heterocycles. The first-order chi connectivity index (χ1) is 14.1. The number of aryl methyl sites for hydroxylation is 1. The Balaban J connectivity index is 1.34. The standard InChI is InChI=1S/C20H29N7O2/c1-25-11-9-21-19(25)18(28)15-6-5-10-26(13-15)20(29)22-12-17-24-23-14-27(17)16-7-3-2-4-8-16/h9,11,14-16H,2-8,10,12-13H2,1H3,(H,22,29)/t15-/m0/s1. The maximum Gasteiger partial charge on any atom is 0.317 e. The van der Waals surface area contributed by atoms with Crippen molar-refractivity contribution in [3.05, 3.63) is 30.4 Å². The van der Waals surface area contributed by atoms with E-state index in [1.807, 2.05) is 7.05 Å². The fourth-order valence-corrected chi connectivity index (χ4v) is 4.48. The number of Topliss-reactive ketones (excluding diaryl/α,β-unsaturated/α-hetero) is 1. The van der Waals surface area contributed by atoms with Crippen molar-refractivity contribution in [3.8, 4) is 0 Å². The first kappa shape index (κ1) is 19.6. The Bertz CT molecular complexity index is 853. The van der Waals surface area contributed by atoms with E-state index in [2.05, 4.69) is 25.1 Å². The van der Waals surface area contributed by atoms with E-state index in [0.717, 1.165) is 31.5 Å². The summed E-state index contributed by atoms with van der Waals surface area (Å²) in [5.74, 6) is 1.05. The van der Waals surface area contributed by atoms with E-state index >= 15 is 0 Å². The van der Waals surface area contributed by atoms with Crippen molar-refractivity contribution < 1.29 is 9.59 Å². The second-order valence-electron chi connectivity index (χ2n) is 8.12. The topological polar surface area (TPSA) is 97.9 Å². The van der Waals surface area contributed by atoms with Gasteiger partial charge in [0.25, 0.3) is 0 Å². The smallest absolute Gasteiger partial charge is 0.317 e. The molecule has 9 heteroatoms. The summed E-state index contributed by atoms with van der Waals surface area (Å²) < 4.78 is 3.85. The normalized spacial score (nSPS) is 20.6. The number of hydrogen-bond donors (Lipinski definition) is 1. The largest absolute Gasteiger partial charge is 0.332 e. The van der Waals surface area contributed by atoms with Gasteiger partial charge >= 0.3 is 6.03 Å². The molecule has 2 fully saturated rings. The van der Waals surface area contributed by atoms with Gasteiger partial charge in [0.15, 0.2) is 11.6 Å². The molecule has 0 aromatic carbocycles. The number of nitrogens with one attached hydrogen (secondary N) is 1. The number of aromatic nitrogens is 5. The molecule has 2 amide bonds. The summed E-state index contributed by atoms with van der Waals surface area (Å²) in [6.07, 6.45) is 12.8. The number of carbonyl (C=O) groups excluding carboxylic acids is 2. The predicted molar refractivity (Wildman–Crippen MR) is 106 cm³/mol. The SMILES string of the molecule is Cn1ccnc1C(=O)[C@H]1CCCN(C(=O)NCc2nncn2C2CCCCC2)C1. The Hall–Kier alpha value is -2.71. The van der Waals surface area contributed by atoms with Gasteiger partial charge in [0, 0.05) is 44.5 Å². The third kappa shape index (κ3) is 4.33. The number of piperidine rings is 1. The Morgan fingerprint density at radius 2 is 2.00 bits per heavy atom. The number of imidazole rings is 1. The third-order valence-corrected chi connectivity index (χ3v) is 6.13. The van der Waals surface area contributed by atoms with Crippen LogP contribution in [0.5, 0.6) is 0 Å². The Morgan fingerprint density at radius 3 is 2.76 bits per heavy atom. The number of likely N-dealkylation sites (tertiary alicyclic amines) is 1. The minimum absolute atomic E-state index is 0.00652. The van der Waals surface area contributed by atoms with Gasteiger partial charge in [0.05, 0.1) is 6.54 Å². The van der Waals surface area contributed by atoms with Gasteiger partial charge in [-0.2, -0.15) is 0 Å². The highest BCUT2D eigenvalue weighted by molar-refractivity contribution is 5.95. The van der Waals surface area contributed by atoms with Crippen LogP contribution < -0.4 is 5.32 Å². The molecule has 2 aliphatic rings. The van der Waals surface area contributed by atoms with Crippen molar-refractivity contribution in [2.45, 2.75) is 57.5 Å². The van der Waals surface area contributed by atoms with Crippen molar-refractivity contribution in [2.24, 2.45) is 13.0 Å². The molecule has 1 saturated carbocycles. The Morgan fingerprint density at radius 1 is 1.17 bits per heavy atom. The number of ketones is 1. The summed E-state index contributed by atoms with van der Waals surface area (Å²) in [4.78, 5) is 31.4. The molecule has 1 atom stereocenters. The minimum Gasteiger partial charge on any atom is -0.332 e. The second kappa shape index (κ2) is 8.75. The summed E-state index contributed by atoms with van der Waals surface area (Å²) in [5, 5.41) is 11.2. The van der Waals surface area contributed by atoms with Gasteiger partial charge in [-0.3, -0.25) is 4.79 Å². The van der Waals surface area contributed by atoms with Gasteiger partial charge in [0.2, 0.25) is 5.78 Å². The van der Waals surface area contributed by atoms with Gasteiger partial charge in [-0.25, -0.2) is 9.78 Å². The van der Waals surface area contributed by atoms with Crippen LogP contribution in [0.15, 0.2) is 18.7 Å². The molecule has 0 spiro atoms. The number of hydrogen-bond acceptors (Lipinski definition) is 5. The molecule has 9 nitrogen and oxygen atoms in total. The lowest BCUT2D eigenvalue weighted by Gasteiger charge is -2.32. The lowest BCUT2D eigenvalue weighted by molar-refractivity contribution is 0.0831. The number of carbonyl (C=O) groups is 2. The zero-order valence-corrected chi connectivity index (χ0v) is 17.0. The van der Waals surface area contributed by atoms with Gasteiger partial charge in [-0.05, 0) is 25.7 Å². The van der Waals surface area contributed by atoms with Crippen molar-refractivity contribution in [1.82, 2.24) is 34.5 Å². The summed E-state index contributed by atoms with van der Waals surface area (Å²) in [6, 6.07) is 0.279. The zero-order valence-electron chi connectivity index (χ0n) is 17.0. The van der Waals surface area contributed by atoms with Gasteiger partial charge in [0.1, 0.15) is 6.33 Å². The highest BCUT2D eigenvalue weighted by Gasteiger charge is 2.31. The van der Waals surface area contributed by atoms with Crippen LogP contribution >= 0.6 is 0 Å². The van der Waals surface area contributed by atoms with Crippen LogP contribution in [0.3, 0.4) is 0 Å². The molecule has 0 radical (unpaired) electrons. The van der Waals surface area contributed by atoms with Crippen molar-refractivity contribution >= 4 is 11.8 Å². The molecule has 0 unspecified atom stereocenters. The van der Waals surface area contributed by atoms with Crippen molar-refractivity contribution in [1.29, 1.82) is 0 Å². The van der Waals surface area contributed by atoms with Crippen molar-refractivity contribution in [2.75, 3.05) is 13.1 Å². The van der Waals surface area contributed by atoms with E-state index in [-0.39, 0.29) is 17.7 Å². The monoisotopic (exact) mass is 399 g/mol. The molecule has 29 heavy (non-hydrogen) atoms. The Kier molecular flexibility index (Phi) is 5.92. The van der Waals surface area contributed by atoms with E-state index in [1.165, 1.54) is 19.3 Å². The van der Waals surface area contributed by atoms with Crippen LogP contribution in [0.1, 0.15) is 67.4 Å². The highest BCUT2D eigenvalue weighted by Crippen LogP contribution is 2.28. The van der Waals surface area contributed by atoms with E-state index in [1.54, 1.807) is 28.2 Å².